The van der Waals surface area contributed by atoms with Gasteiger partial charge in [0.05, 0.1) is 6.54 Å². The number of benzene rings is 2. The van der Waals surface area contributed by atoms with Crippen LogP contribution < -0.4 is 10.6 Å². The lowest BCUT2D eigenvalue weighted by Gasteiger charge is -2.17. The van der Waals surface area contributed by atoms with Crippen molar-refractivity contribution in [1.82, 2.24) is 20.4 Å². The van der Waals surface area contributed by atoms with Gasteiger partial charge in [-0.2, -0.15) is 4.98 Å². The first-order valence-electron chi connectivity index (χ1n) is 9.04. The van der Waals surface area contributed by atoms with E-state index in [1.54, 1.807) is 24.0 Å². The van der Waals surface area contributed by atoms with Gasteiger partial charge >= 0.3 is 6.03 Å². The Morgan fingerprint density at radius 2 is 2.14 bits per heavy atom. The molecule has 0 unspecified atom stereocenters. The zero-order valence-electron chi connectivity index (χ0n) is 15.4. The largest absolute Gasteiger partial charge is 0.376 e. The van der Waals surface area contributed by atoms with Gasteiger partial charge in [0.1, 0.15) is 5.82 Å². The Morgan fingerprint density at radius 1 is 1.29 bits per heavy atom. The Balaban J connectivity index is 1.44. The number of hydrogen-bond acceptors (Lipinski definition) is 5. The van der Waals surface area contributed by atoms with E-state index in [9.17, 15) is 9.18 Å². The summed E-state index contributed by atoms with van der Waals surface area (Å²) in [6.07, 6.45) is 0. The van der Waals surface area contributed by atoms with E-state index in [-0.39, 0.29) is 11.8 Å². The predicted molar refractivity (Wildman–Crippen MR) is 102 cm³/mol. The van der Waals surface area contributed by atoms with Crippen molar-refractivity contribution in [2.24, 2.45) is 0 Å². The minimum Gasteiger partial charge on any atom is -0.376 e. The molecule has 0 spiro atoms. The molecule has 0 bridgehead atoms. The van der Waals surface area contributed by atoms with Gasteiger partial charge in [0.25, 0.3) is 0 Å². The number of carbonyl (C=O) groups is 1. The number of para-hydroxylation sites is 1. The maximum atomic E-state index is 13.4. The van der Waals surface area contributed by atoms with Gasteiger partial charge in [0.15, 0.2) is 0 Å². The molecule has 1 aromatic heterocycles. The summed E-state index contributed by atoms with van der Waals surface area (Å²) in [5, 5.41) is 10.1. The molecule has 2 aromatic carbocycles. The van der Waals surface area contributed by atoms with Crippen molar-refractivity contribution < 1.29 is 13.7 Å². The highest BCUT2D eigenvalue weighted by molar-refractivity contribution is 5.76. The van der Waals surface area contributed by atoms with E-state index < -0.39 is 0 Å². The third kappa shape index (κ3) is 3.80. The van der Waals surface area contributed by atoms with Gasteiger partial charge in [-0.3, -0.25) is 0 Å². The van der Waals surface area contributed by atoms with Crippen LogP contribution in [-0.4, -0.2) is 34.2 Å². The molecule has 3 aromatic rings. The van der Waals surface area contributed by atoms with Crippen molar-refractivity contribution in [3.63, 3.8) is 0 Å². The number of nitrogens with zero attached hydrogens (tertiary/aromatic N) is 3. The van der Waals surface area contributed by atoms with Crippen molar-refractivity contribution in [2.45, 2.75) is 20.0 Å². The van der Waals surface area contributed by atoms with E-state index in [1.807, 2.05) is 24.3 Å². The number of carbonyl (C=O) groups excluding carboxylic acids is 1. The highest BCUT2D eigenvalue weighted by Crippen LogP contribution is 2.21. The topological polar surface area (TPSA) is 83.3 Å². The van der Waals surface area contributed by atoms with Gasteiger partial charge in [-0.1, -0.05) is 23.4 Å². The first kappa shape index (κ1) is 18.0. The number of nitrogens with one attached hydrogen (secondary N) is 2. The minimum atomic E-state index is -0.266. The van der Waals surface area contributed by atoms with Crippen LogP contribution in [0.4, 0.5) is 14.9 Å². The lowest BCUT2D eigenvalue weighted by Crippen LogP contribution is -2.27. The second-order valence-electron chi connectivity index (χ2n) is 6.64. The van der Waals surface area contributed by atoms with Crippen LogP contribution in [0.3, 0.4) is 0 Å². The molecule has 1 fully saturated rings. The summed E-state index contributed by atoms with van der Waals surface area (Å²) in [6, 6.07) is 12.5. The lowest BCUT2D eigenvalue weighted by atomic mass is 10.1. The zero-order valence-corrected chi connectivity index (χ0v) is 15.4. The number of aromatic nitrogens is 2. The molecule has 2 amide bonds. The summed E-state index contributed by atoms with van der Waals surface area (Å²) in [5.74, 6) is 0.574. The predicted octanol–water partition coefficient (Wildman–Crippen LogP) is 3.32. The Bertz CT molecular complexity index is 1000. The first-order valence-corrected chi connectivity index (χ1v) is 9.04. The van der Waals surface area contributed by atoms with Gasteiger partial charge in [-0.05, 0) is 42.3 Å². The lowest BCUT2D eigenvalue weighted by molar-refractivity contribution is 0.215. The van der Waals surface area contributed by atoms with Crippen molar-refractivity contribution in [2.75, 3.05) is 18.4 Å². The van der Waals surface area contributed by atoms with Crippen molar-refractivity contribution in [1.29, 1.82) is 0 Å². The number of halogens is 1. The van der Waals surface area contributed by atoms with Crippen LogP contribution in [0.5, 0.6) is 0 Å². The number of hydrogen-bond donors (Lipinski definition) is 2. The molecule has 0 aliphatic carbocycles. The molecule has 8 heteroatoms. The summed E-state index contributed by atoms with van der Waals surface area (Å²) in [7, 11) is 0. The summed E-state index contributed by atoms with van der Waals surface area (Å²) >= 11 is 0. The smallest absolute Gasteiger partial charge is 0.317 e. The molecule has 1 aliphatic heterocycles. The zero-order chi connectivity index (χ0) is 19.5. The first-order chi connectivity index (χ1) is 13.6. The van der Waals surface area contributed by atoms with Crippen LogP contribution >= 0.6 is 0 Å². The van der Waals surface area contributed by atoms with Gasteiger partial charge in [-0.25, -0.2) is 9.18 Å². The number of rotatable bonds is 6. The standard InChI is InChI=1S/C20H20FN5O2/c1-13-10-14(6-7-16(13)21)19-24-18(28-25-19)11-23-17-5-3-2-4-15(17)12-26-9-8-22-20(26)27/h2-7,10,23H,8-9,11-12H2,1H3,(H,22,27). The summed E-state index contributed by atoms with van der Waals surface area (Å²) in [6.45, 7) is 3.92. The quantitative estimate of drug-likeness (QED) is 0.684. The molecule has 144 valence electrons. The molecule has 2 N–H and O–H groups in total. The molecule has 4 rings (SSSR count). The van der Waals surface area contributed by atoms with Crippen LogP contribution in [0.1, 0.15) is 17.0 Å². The van der Waals surface area contributed by atoms with E-state index in [2.05, 4.69) is 20.8 Å². The van der Waals surface area contributed by atoms with Crippen LogP contribution in [0.25, 0.3) is 11.4 Å². The molecule has 2 heterocycles. The maximum Gasteiger partial charge on any atom is 0.317 e. The molecular weight excluding hydrogens is 361 g/mol. The number of amides is 2. The molecular formula is C20H20FN5O2. The number of aryl methyl sites for hydroxylation is 1. The summed E-state index contributed by atoms with van der Waals surface area (Å²) < 4.78 is 18.7. The van der Waals surface area contributed by atoms with E-state index in [0.717, 1.165) is 11.3 Å². The van der Waals surface area contributed by atoms with Gasteiger partial charge in [-0.15, -0.1) is 0 Å². The third-order valence-corrected chi connectivity index (χ3v) is 4.64. The SMILES string of the molecule is Cc1cc(-c2noc(CNc3ccccc3CN3CCNC3=O)n2)ccc1F. The van der Waals surface area contributed by atoms with E-state index in [0.29, 0.717) is 49.0 Å². The molecule has 1 saturated heterocycles. The van der Waals surface area contributed by atoms with Crippen LogP contribution in [-0.2, 0) is 13.1 Å². The summed E-state index contributed by atoms with van der Waals surface area (Å²) in [5.41, 5.74) is 3.14. The molecule has 7 nitrogen and oxygen atoms in total. The minimum absolute atomic E-state index is 0.0501. The number of anilines is 1. The Hall–Kier alpha value is -3.42. The van der Waals surface area contributed by atoms with E-state index in [4.69, 9.17) is 4.52 Å². The van der Waals surface area contributed by atoms with Crippen LogP contribution in [0.15, 0.2) is 47.0 Å². The summed E-state index contributed by atoms with van der Waals surface area (Å²) in [4.78, 5) is 17.9. The van der Waals surface area contributed by atoms with E-state index in [1.165, 1.54) is 6.07 Å². The maximum absolute atomic E-state index is 13.4. The molecule has 0 atom stereocenters. The van der Waals surface area contributed by atoms with Crippen LogP contribution in [0.2, 0.25) is 0 Å². The third-order valence-electron chi connectivity index (χ3n) is 4.64. The average molecular weight is 381 g/mol. The van der Waals surface area contributed by atoms with Crippen LogP contribution in [0, 0.1) is 12.7 Å². The average Bonchev–Trinajstić information content (AvgIpc) is 3.33. The van der Waals surface area contributed by atoms with Crippen molar-refractivity contribution in [3.8, 4) is 11.4 Å². The normalized spacial score (nSPS) is 13.6. The fraction of sp³-hybridized carbons (Fsp3) is 0.250. The van der Waals surface area contributed by atoms with E-state index >= 15 is 0 Å². The number of urea groups is 1. The highest BCUT2D eigenvalue weighted by Gasteiger charge is 2.20. The second-order valence-corrected chi connectivity index (χ2v) is 6.64. The molecule has 1 aliphatic rings. The molecule has 0 radical (unpaired) electrons. The van der Waals surface area contributed by atoms with Crippen molar-refractivity contribution >= 4 is 11.7 Å². The Morgan fingerprint density at radius 3 is 2.93 bits per heavy atom. The fourth-order valence-corrected chi connectivity index (χ4v) is 3.10. The van der Waals surface area contributed by atoms with Gasteiger partial charge in [0, 0.05) is 30.9 Å². The van der Waals surface area contributed by atoms with Gasteiger partial charge < -0.3 is 20.1 Å². The molecule has 0 saturated carbocycles. The Labute approximate surface area is 161 Å². The Kier molecular flexibility index (Phi) is 4.92. The fourth-order valence-electron chi connectivity index (χ4n) is 3.10. The molecule has 28 heavy (non-hydrogen) atoms. The second kappa shape index (κ2) is 7.67. The highest BCUT2D eigenvalue weighted by atomic mass is 19.1. The van der Waals surface area contributed by atoms with Gasteiger partial charge in [0.2, 0.25) is 11.7 Å². The monoisotopic (exact) mass is 381 g/mol. The van der Waals surface area contributed by atoms with Crippen molar-refractivity contribution in [3.05, 3.63) is 65.3 Å².